The predicted octanol–water partition coefficient (Wildman–Crippen LogP) is 1.07. The number of nitrogens with one attached hydrogen (secondary N) is 2. The van der Waals surface area contributed by atoms with Crippen molar-refractivity contribution < 1.29 is 0 Å². The summed E-state index contributed by atoms with van der Waals surface area (Å²) in [6.45, 7) is 1.63. The first-order chi connectivity index (χ1) is 7.88. The van der Waals surface area contributed by atoms with Crippen LogP contribution >= 0.6 is 11.3 Å². The van der Waals surface area contributed by atoms with Gasteiger partial charge in [-0.25, -0.2) is 4.98 Å². The Morgan fingerprint density at radius 2 is 2.44 bits per heavy atom. The van der Waals surface area contributed by atoms with Crippen LogP contribution < -0.4 is 5.32 Å². The predicted molar refractivity (Wildman–Crippen MR) is 60.8 cm³/mol. The molecule has 0 aliphatic carbocycles. The molecule has 0 aliphatic heterocycles. The number of nitrogens with zero attached hydrogens (tertiary/aromatic N) is 3. The van der Waals surface area contributed by atoms with Gasteiger partial charge in [0.05, 0.1) is 0 Å². The van der Waals surface area contributed by atoms with Crippen molar-refractivity contribution in [1.29, 1.82) is 5.26 Å². The fourth-order valence-corrected chi connectivity index (χ4v) is 2.08. The molecule has 0 aromatic carbocycles. The number of H-pyrrole nitrogens is 1. The highest BCUT2D eigenvalue weighted by atomic mass is 32.1. The van der Waals surface area contributed by atoms with Gasteiger partial charge in [0.1, 0.15) is 23.1 Å². The van der Waals surface area contributed by atoms with Crippen LogP contribution in [0.1, 0.15) is 15.6 Å². The van der Waals surface area contributed by atoms with Gasteiger partial charge in [-0.15, -0.1) is 11.3 Å². The van der Waals surface area contributed by atoms with Gasteiger partial charge in [0, 0.05) is 24.4 Å². The fourth-order valence-electron chi connectivity index (χ4n) is 1.30. The van der Waals surface area contributed by atoms with Crippen LogP contribution in [-0.2, 0) is 13.0 Å². The van der Waals surface area contributed by atoms with Crippen molar-refractivity contribution >= 4 is 11.3 Å². The Labute approximate surface area is 97.1 Å². The number of hydrogen-bond acceptors (Lipinski definition) is 5. The smallest absolute Gasteiger partial charge is 0.137 e. The van der Waals surface area contributed by atoms with E-state index in [0.29, 0.717) is 0 Å². The summed E-state index contributed by atoms with van der Waals surface area (Å²) in [6.07, 6.45) is 2.34. The Hall–Kier alpha value is -1.71. The lowest BCUT2D eigenvalue weighted by atomic mass is 10.4. The largest absolute Gasteiger partial charge is 0.311 e. The Kier molecular flexibility index (Phi) is 3.64. The molecule has 2 rings (SSSR count). The second kappa shape index (κ2) is 5.39. The summed E-state index contributed by atoms with van der Waals surface area (Å²) in [6, 6.07) is 5.95. The zero-order chi connectivity index (χ0) is 11.2. The zero-order valence-corrected chi connectivity index (χ0v) is 9.42. The first kappa shape index (κ1) is 10.8. The van der Waals surface area contributed by atoms with Crippen molar-refractivity contribution in [2.24, 2.45) is 0 Å². The molecule has 2 N–H and O–H groups in total. The molecular formula is C10H11N5S. The van der Waals surface area contributed by atoms with Gasteiger partial charge < -0.3 is 5.32 Å². The molecule has 0 saturated heterocycles. The number of rotatable bonds is 5. The topological polar surface area (TPSA) is 77.4 Å². The molecule has 0 fully saturated rings. The SMILES string of the molecule is N#Cc1ccc(CNCCc2ncn[nH]2)s1. The van der Waals surface area contributed by atoms with Gasteiger partial charge in [-0.3, -0.25) is 5.10 Å². The molecule has 5 nitrogen and oxygen atoms in total. The number of aromatic nitrogens is 3. The van der Waals surface area contributed by atoms with Crippen LogP contribution in [0.3, 0.4) is 0 Å². The summed E-state index contributed by atoms with van der Waals surface area (Å²) in [5.74, 6) is 0.886. The van der Waals surface area contributed by atoms with Gasteiger partial charge in [0.25, 0.3) is 0 Å². The monoisotopic (exact) mass is 233 g/mol. The van der Waals surface area contributed by atoms with E-state index in [1.54, 1.807) is 0 Å². The molecule has 0 aliphatic rings. The van der Waals surface area contributed by atoms with E-state index in [1.165, 1.54) is 22.5 Å². The van der Waals surface area contributed by atoms with E-state index in [1.807, 2.05) is 12.1 Å². The quantitative estimate of drug-likeness (QED) is 0.757. The molecule has 0 atom stereocenters. The van der Waals surface area contributed by atoms with Crippen LogP contribution in [0.15, 0.2) is 18.5 Å². The van der Waals surface area contributed by atoms with E-state index in [-0.39, 0.29) is 0 Å². The van der Waals surface area contributed by atoms with E-state index in [2.05, 4.69) is 26.6 Å². The van der Waals surface area contributed by atoms with E-state index in [9.17, 15) is 0 Å². The molecule has 0 saturated carbocycles. The second-order valence-corrected chi connectivity index (χ2v) is 4.41. The van der Waals surface area contributed by atoms with Gasteiger partial charge in [0.15, 0.2) is 0 Å². The minimum absolute atomic E-state index is 0.757. The Morgan fingerprint density at radius 1 is 1.50 bits per heavy atom. The molecule has 0 radical (unpaired) electrons. The summed E-state index contributed by atoms with van der Waals surface area (Å²) in [5.41, 5.74) is 0. The minimum atomic E-state index is 0.757. The molecule has 0 spiro atoms. The van der Waals surface area contributed by atoms with Crippen LogP contribution in [0.5, 0.6) is 0 Å². The highest BCUT2D eigenvalue weighted by Gasteiger charge is 1.99. The number of thiophene rings is 1. The molecule has 0 amide bonds. The van der Waals surface area contributed by atoms with Gasteiger partial charge in [-0.1, -0.05) is 0 Å². The summed E-state index contributed by atoms with van der Waals surface area (Å²) < 4.78 is 0. The molecule has 6 heteroatoms. The second-order valence-electron chi connectivity index (χ2n) is 3.24. The summed E-state index contributed by atoms with van der Waals surface area (Å²) in [7, 11) is 0. The first-order valence-electron chi connectivity index (χ1n) is 4.92. The summed E-state index contributed by atoms with van der Waals surface area (Å²) in [4.78, 5) is 5.96. The lowest BCUT2D eigenvalue weighted by Crippen LogP contribution is -2.16. The Balaban J connectivity index is 1.70. The standard InChI is InChI=1S/C10H11N5S/c11-5-8-1-2-9(16-8)6-12-4-3-10-13-7-14-15-10/h1-2,7,12H,3-4,6H2,(H,13,14,15). The van der Waals surface area contributed by atoms with Crippen LogP contribution in [0.4, 0.5) is 0 Å². The van der Waals surface area contributed by atoms with Gasteiger partial charge in [-0.2, -0.15) is 10.4 Å². The van der Waals surface area contributed by atoms with Gasteiger partial charge >= 0.3 is 0 Å². The average molecular weight is 233 g/mol. The van der Waals surface area contributed by atoms with Crippen molar-refractivity contribution in [3.05, 3.63) is 34.0 Å². The summed E-state index contributed by atoms with van der Waals surface area (Å²) >= 11 is 1.52. The normalized spacial score (nSPS) is 10.2. The molecule has 2 aromatic rings. The maximum atomic E-state index is 8.67. The van der Waals surface area contributed by atoms with Crippen molar-refractivity contribution in [2.75, 3.05) is 6.54 Å². The minimum Gasteiger partial charge on any atom is -0.311 e. The van der Waals surface area contributed by atoms with Crippen LogP contribution in [0.25, 0.3) is 0 Å². The molecule has 0 bridgehead atoms. The van der Waals surface area contributed by atoms with Crippen LogP contribution in [-0.4, -0.2) is 21.7 Å². The highest BCUT2D eigenvalue weighted by molar-refractivity contribution is 7.12. The Morgan fingerprint density at radius 3 is 3.12 bits per heavy atom. The molecule has 0 unspecified atom stereocenters. The number of nitriles is 1. The maximum Gasteiger partial charge on any atom is 0.137 e. The summed E-state index contributed by atoms with van der Waals surface area (Å²) in [5, 5.41) is 18.5. The van der Waals surface area contributed by atoms with Crippen molar-refractivity contribution in [1.82, 2.24) is 20.5 Å². The zero-order valence-electron chi connectivity index (χ0n) is 8.60. The number of aromatic amines is 1. The molecule has 82 valence electrons. The van der Waals surface area contributed by atoms with Crippen molar-refractivity contribution in [3.63, 3.8) is 0 Å². The third-order valence-electron chi connectivity index (χ3n) is 2.07. The van der Waals surface area contributed by atoms with E-state index < -0.39 is 0 Å². The van der Waals surface area contributed by atoms with E-state index in [4.69, 9.17) is 5.26 Å². The first-order valence-corrected chi connectivity index (χ1v) is 5.74. The van der Waals surface area contributed by atoms with Crippen LogP contribution in [0, 0.1) is 11.3 Å². The molecular weight excluding hydrogens is 222 g/mol. The van der Waals surface area contributed by atoms with Crippen molar-refractivity contribution in [2.45, 2.75) is 13.0 Å². The van der Waals surface area contributed by atoms with E-state index >= 15 is 0 Å². The fraction of sp³-hybridized carbons (Fsp3) is 0.300. The average Bonchev–Trinajstić information content (AvgIpc) is 2.95. The third-order valence-corrected chi connectivity index (χ3v) is 3.06. The van der Waals surface area contributed by atoms with Gasteiger partial charge in [-0.05, 0) is 12.1 Å². The lowest BCUT2D eigenvalue weighted by molar-refractivity contribution is 0.677. The van der Waals surface area contributed by atoms with E-state index in [0.717, 1.165) is 30.2 Å². The molecule has 2 aromatic heterocycles. The maximum absolute atomic E-state index is 8.67. The van der Waals surface area contributed by atoms with Crippen molar-refractivity contribution in [3.8, 4) is 6.07 Å². The molecule has 16 heavy (non-hydrogen) atoms. The Bertz CT molecular complexity index is 468. The third kappa shape index (κ3) is 2.89. The van der Waals surface area contributed by atoms with Gasteiger partial charge in [0.2, 0.25) is 0 Å². The lowest BCUT2D eigenvalue weighted by Gasteiger charge is -2.00. The highest BCUT2D eigenvalue weighted by Crippen LogP contribution is 2.14. The van der Waals surface area contributed by atoms with Crippen LogP contribution in [0.2, 0.25) is 0 Å². The molecule has 2 heterocycles. The number of hydrogen-bond donors (Lipinski definition) is 2.